The van der Waals surface area contributed by atoms with Crippen LogP contribution in [0.2, 0.25) is 0 Å². The largest absolute Gasteiger partial charge is 0.506 e. The summed E-state index contributed by atoms with van der Waals surface area (Å²) in [5.74, 6) is 0.376. The van der Waals surface area contributed by atoms with Crippen LogP contribution in [0.1, 0.15) is 24.2 Å². The first-order valence-electron chi connectivity index (χ1n) is 6.26. The molecule has 0 aliphatic carbocycles. The van der Waals surface area contributed by atoms with Gasteiger partial charge >= 0.3 is 0 Å². The zero-order valence-corrected chi connectivity index (χ0v) is 11.3. The van der Waals surface area contributed by atoms with E-state index in [2.05, 4.69) is 10.3 Å². The number of carbonyl (C=O) groups excluding carboxylic acids is 1. The van der Waals surface area contributed by atoms with Gasteiger partial charge in [0.15, 0.2) is 0 Å². The van der Waals surface area contributed by atoms with Crippen LogP contribution >= 0.6 is 0 Å². The average molecular weight is 272 g/mol. The smallest absolute Gasteiger partial charge is 0.257 e. The Hall–Kier alpha value is -2.56. The van der Waals surface area contributed by atoms with E-state index >= 15 is 0 Å². The van der Waals surface area contributed by atoms with Crippen LogP contribution in [-0.2, 0) is 0 Å². The van der Waals surface area contributed by atoms with E-state index in [4.69, 9.17) is 4.74 Å². The molecule has 0 spiro atoms. The van der Waals surface area contributed by atoms with Crippen LogP contribution < -0.4 is 10.1 Å². The molecule has 0 unspecified atom stereocenters. The molecular weight excluding hydrogens is 256 g/mol. The van der Waals surface area contributed by atoms with E-state index in [1.165, 1.54) is 18.5 Å². The molecule has 1 heterocycles. The van der Waals surface area contributed by atoms with E-state index in [1.807, 2.05) is 13.8 Å². The topological polar surface area (TPSA) is 71.5 Å². The van der Waals surface area contributed by atoms with Crippen molar-refractivity contribution in [2.45, 2.75) is 20.0 Å². The Morgan fingerprint density at radius 2 is 1.95 bits per heavy atom. The van der Waals surface area contributed by atoms with Crippen molar-refractivity contribution in [3.63, 3.8) is 0 Å². The maximum Gasteiger partial charge on any atom is 0.257 e. The molecule has 0 aliphatic heterocycles. The average Bonchev–Trinajstić information content (AvgIpc) is 2.40. The van der Waals surface area contributed by atoms with Crippen molar-refractivity contribution in [3.8, 4) is 11.5 Å². The summed E-state index contributed by atoms with van der Waals surface area (Å²) in [6, 6.07) is 8.45. The number of nitrogens with zero attached hydrogens (tertiary/aromatic N) is 1. The molecule has 0 atom stereocenters. The molecule has 0 bridgehead atoms. The Bertz CT molecular complexity index is 594. The Morgan fingerprint density at radius 1 is 1.25 bits per heavy atom. The van der Waals surface area contributed by atoms with Crippen LogP contribution in [0.5, 0.6) is 11.5 Å². The lowest BCUT2D eigenvalue weighted by Crippen LogP contribution is -2.12. The third-order valence-corrected chi connectivity index (χ3v) is 2.47. The Balaban J connectivity index is 2.04. The first-order chi connectivity index (χ1) is 9.54. The number of benzene rings is 1. The Kier molecular flexibility index (Phi) is 4.20. The molecule has 1 aromatic heterocycles. The maximum atomic E-state index is 11.9. The molecule has 20 heavy (non-hydrogen) atoms. The minimum atomic E-state index is -0.328. The molecule has 0 saturated heterocycles. The van der Waals surface area contributed by atoms with Gasteiger partial charge in [0.05, 0.1) is 17.9 Å². The predicted molar refractivity (Wildman–Crippen MR) is 76.1 cm³/mol. The second-order valence-electron chi connectivity index (χ2n) is 4.58. The van der Waals surface area contributed by atoms with Crippen molar-refractivity contribution < 1.29 is 14.6 Å². The number of nitrogens with one attached hydrogen (secondary N) is 1. The molecule has 0 fully saturated rings. The number of amides is 1. The number of hydrogen-bond acceptors (Lipinski definition) is 4. The van der Waals surface area contributed by atoms with Gasteiger partial charge in [-0.1, -0.05) is 0 Å². The third-order valence-electron chi connectivity index (χ3n) is 2.47. The Morgan fingerprint density at radius 3 is 2.55 bits per heavy atom. The van der Waals surface area contributed by atoms with Crippen LogP contribution in [-0.4, -0.2) is 22.1 Å². The lowest BCUT2D eigenvalue weighted by atomic mass is 10.2. The zero-order valence-electron chi connectivity index (χ0n) is 11.3. The van der Waals surface area contributed by atoms with Crippen molar-refractivity contribution in [2.24, 2.45) is 0 Å². The van der Waals surface area contributed by atoms with Gasteiger partial charge in [0.25, 0.3) is 5.91 Å². The summed E-state index contributed by atoms with van der Waals surface area (Å²) in [5, 5.41) is 12.0. The van der Waals surface area contributed by atoms with Gasteiger partial charge in [-0.2, -0.15) is 0 Å². The van der Waals surface area contributed by atoms with Gasteiger partial charge in [0.2, 0.25) is 0 Å². The van der Waals surface area contributed by atoms with E-state index in [9.17, 15) is 9.90 Å². The van der Waals surface area contributed by atoms with Crippen molar-refractivity contribution >= 4 is 11.6 Å². The highest BCUT2D eigenvalue weighted by atomic mass is 16.5. The number of pyridine rings is 1. The van der Waals surface area contributed by atoms with Gasteiger partial charge in [0, 0.05) is 11.9 Å². The van der Waals surface area contributed by atoms with E-state index in [-0.39, 0.29) is 17.8 Å². The van der Waals surface area contributed by atoms with Gasteiger partial charge in [0.1, 0.15) is 11.5 Å². The van der Waals surface area contributed by atoms with Crippen molar-refractivity contribution in [1.82, 2.24) is 4.98 Å². The fourth-order valence-corrected chi connectivity index (χ4v) is 1.64. The quantitative estimate of drug-likeness (QED) is 0.897. The molecule has 0 saturated carbocycles. The maximum absolute atomic E-state index is 11.9. The van der Waals surface area contributed by atoms with Crippen molar-refractivity contribution in [1.29, 1.82) is 0 Å². The molecule has 0 aliphatic rings. The predicted octanol–water partition coefficient (Wildman–Crippen LogP) is 2.83. The van der Waals surface area contributed by atoms with E-state index in [0.29, 0.717) is 11.3 Å². The molecule has 0 radical (unpaired) electrons. The van der Waals surface area contributed by atoms with Gasteiger partial charge in [-0.3, -0.25) is 9.78 Å². The number of carbonyl (C=O) groups is 1. The van der Waals surface area contributed by atoms with E-state index in [0.717, 1.165) is 5.75 Å². The highest BCUT2D eigenvalue weighted by molar-refractivity contribution is 6.04. The molecule has 5 nitrogen and oxygen atoms in total. The van der Waals surface area contributed by atoms with Gasteiger partial charge < -0.3 is 15.2 Å². The lowest BCUT2D eigenvalue weighted by molar-refractivity contribution is 0.102. The zero-order chi connectivity index (χ0) is 14.5. The number of hydrogen-bond donors (Lipinski definition) is 2. The molecular formula is C15H16N2O3. The number of anilines is 1. The molecule has 104 valence electrons. The summed E-state index contributed by atoms with van der Waals surface area (Å²) >= 11 is 0. The van der Waals surface area contributed by atoms with Gasteiger partial charge in [-0.05, 0) is 44.2 Å². The van der Waals surface area contributed by atoms with Crippen LogP contribution in [0.15, 0.2) is 42.7 Å². The molecule has 5 heteroatoms. The highest BCUT2D eigenvalue weighted by Crippen LogP contribution is 2.18. The summed E-state index contributed by atoms with van der Waals surface area (Å²) in [6.45, 7) is 3.90. The monoisotopic (exact) mass is 272 g/mol. The Labute approximate surface area is 117 Å². The molecule has 2 rings (SSSR count). The summed E-state index contributed by atoms with van der Waals surface area (Å²) in [7, 11) is 0. The van der Waals surface area contributed by atoms with E-state index < -0.39 is 0 Å². The van der Waals surface area contributed by atoms with Crippen molar-refractivity contribution in [3.05, 3.63) is 48.3 Å². The van der Waals surface area contributed by atoms with Crippen LogP contribution in [0.4, 0.5) is 5.69 Å². The second-order valence-corrected chi connectivity index (χ2v) is 4.58. The van der Waals surface area contributed by atoms with E-state index in [1.54, 1.807) is 24.3 Å². The number of rotatable bonds is 4. The number of aromatic hydroxyl groups is 1. The van der Waals surface area contributed by atoms with Crippen LogP contribution in [0, 0.1) is 0 Å². The molecule has 2 N–H and O–H groups in total. The molecule has 1 aromatic carbocycles. The number of aromatic nitrogens is 1. The van der Waals surface area contributed by atoms with Crippen LogP contribution in [0.25, 0.3) is 0 Å². The minimum absolute atomic E-state index is 0.0432. The fourth-order valence-electron chi connectivity index (χ4n) is 1.64. The summed E-state index contributed by atoms with van der Waals surface area (Å²) < 4.78 is 5.52. The SMILES string of the molecule is CC(C)Oc1ccc(NC(=O)c2cncc(O)c2)cc1. The summed E-state index contributed by atoms with van der Waals surface area (Å²) in [4.78, 5) is 15.7. The first kappa shape index (κ1) is 13.9. The summed E-state index contributed by atoms with van der Waals surface area (Å²) in [5.41, 5.74) is 0.946. The lowest BCUT2D eigenvalue weighted by Gasteiger charge is -2.10. The fraction of sp³-hybridized carbons (Fsp3) is 0.200. The van der Waals surface area contributed by atoms with Gasteiger partial charge in [-0.25, -0.2) is 0 Å². The van der Waals surface area contributed by atoms with Gasteiger partial charge in [-0.15, -0.1) is 0 Å². The van der Waals surface area contributed by atoms with Crippen molar-refractivity contribution in [2.75, 3.05) is 5.32 Å². The molecule has 1 amide bonds. The normalized spacial score (nSPS) is 10.3. The number of ether oxygens (including phenoxy) is 1. The summed E-state index contributed by atoms with van der Waals surface area (Å²) in [6.07, 6.45) is 2.77. The second kappa shape index (κ2) is 6.06. The third kappa shape index (κ3) is 3.71. The first-order valence-corrected chi connectivity index (χ1v) is 6.26. The standard InChI is InChI=1S/C15H16N2O3/c1-10(2)20-14-5-3-12(4-6-14)17-15(19)11-7-13(18)9-16-8-11/h3-10,18H,1-2H3,(H,17,19). The van der Waals surface area contributed by atoms with Crippen LogP contribution in [0.3, 0.4) is 0 Å². The minimum Gasteiger partial charge on any atom is -0.506 e. The molecule has 2 aromatic rings. The highest BCUT2D eigenvalue weighted by Gasteiger charge is 2.07.